The van der Waals surface area contributed by atoms with Gasteiger partial charge in [0.05, 0.1) is 38.7 Å². The zero-order chi connectivity index (χ0) is 33.8. The minimum absolute atomic E-state index is 0.0515. The van der Waals surface area contributed by atoms with E-state index >= 15 is 4.39 Å². The number of nitrogens with zero attached hydrogens (tertiary/aromatic N) is 6. The number of pyridine rings is 2. The van der Waals surface area contributed by atoms with Crippen molar-refractivity contribution in [2.75, 3.05) is 38.1 Å². The molecule has 2 aliphatic rings. The second-order valence-electron chi connectivity index (χ2n) is 11.4. The van der Waals surface area contributed by atoms with E-state index in [1.165, 1.54) is 16.7 Å². The second-order valence-corrected chi connectivity index (χ2v) is 12.2. The van der Waals surface area contributed by atoms with Crippen molar-refractivity contribution in [2.24, 2.45) is 5.92 Å². The van der Waals surface area contributed by atoms with Crippen molar-refractivity contribution in [3.63, 3.8) is 0 Å². The molecule has 5 rings (SSSR count). The van der Waals surface area contributed by atoms with E-state index in [-0.39, 0.29) is 71.4 Å². The number of amides is 1. The number of carbonyl (C=O) groups excluding carboxylic acids is 1. The number of hydrogen-bond donors (Lipinski definition) is 1. The molecule has 0 spiro atoms. The van der Waals surface area contributed by atoms with Gasteiger partial charge in [-0.05, 0) is 42.8 Å². The topological polar surface area (TPSA) is 106 Å². The summed E-state index contributed by atoms with van der Waals surface area (Å²) in [7, 11) is 1.83. The van der Waals surface area contributed by atoms with Gasteiger partial charge in [0.25, 0.3) is 5.56 Å². The minimum Gasteiger partial charge on any atom is -0.504 e. The van der Waals surface area contributed by atoms with Crippen molar-refractivity contribution in [1.82, 2.24) is 19.4 Å². The third kappa shape index (κ3) is 5.17. The molecule has 0 bridgehead atoms. The molecule has 2 aromatic heterocycles. The van der Waals surface area contributed by atoms with Gasteiger partial charge in [-0.15, -0.1) is 0 Å². The molecule has 2 aliphatic heterocycles. The van der Waals surface area contributed by atoms with Crippen molar-refractivity contribution in [1.29, 1.82) is 5.26 Å². The number of allylic oxidation sites excluding steroid dienone is 2. The molecule has 1 aromatic carbocycles. The van der Waals surface area contributed by atoms with E-state index in [4.69, 9.17) is 23.2 Å². The molecular weight excluding hydrogens is 644 g/mol. The Bertz CT molecular complexity index is 1950. The van der Waals surface area contributed by atoms with Crippen LogP contribution in [-0.2, 0) is 4.79 Å². The largest absolute Gasteiger partial charge is 0.504 e. The zero-order valence-corrected chi connectivity index (χ0v) is 26.8. The van der Waals surface area contributed by atoms with Gasteiger partial charge in [0.2, 0.25) is 11.7 Å². The van der Waals surface area contributed by atoms with Gasteiger partial charge in [0.1, 0.15) is 17.3 Å². The summed E-state index contributed by atoms with van der Waals surface area (Å²) in [6, 6.07) is 3.02. The summed E-state index contributed by atoms with van der Waals surface area (Å²) in [6.07, 6.45) is 4.85. The van der Waals surface area contributed by atoms with Gasteiger partial charge < -0.3 is 19.8 Å². The van der Waals surface area contributed by atoms with Crippen LogP contribution in [0.3, 0.4) is 0 Å². The molecule has 1 atom stereocenters. The van der Waals surface area contributed by atoms with E-state index in [1.807, 2.05) is 32.0 Å². The predicted molar refractivity (Wildman–Crippen MR) is 171 cm³/mol. The molecule has 46 heavy (non-hydrogen) atoms. The number of phenolic OH excluding ortho intramolecular Hbond substituents is 1. The van der Waals surface area contributed by atoms with E-state index in [1.54, 1.807) is 22.8 Å². The number of fused-ring (bicyclic) bond motifs is 1. The fraction of sp³-hybridized carbons (Fsp3) is 0.312. The number of benzene rings is 1. The number of carbonyl (C=O) groups is 1. The maximum absolute atomic E-state index is 15.3. The molecule has 1 fully saturated rings. The summed E-state index contributed by atoms with van der Waals surface area (Å²) in [5.41, 5.74) is -0.903. The number of anilines is 1. The van der Waals surface area contributed by atoms with E-state index < -0.39 is 45.0 Å². The molecular formula is C32H29Cl2F3N6O3. The first-order valence-electron chi connectivity index (χ1n) is 14.3. The fourth-order valence-corrected chi connectivity index (χ4v) is 6.63. The van der Waals surface area contributed by atoms with Crippen molar-refractivity contribution >= 4 is 51.5 Å². The van der Waals surface area contributed by atoms with Gasteiger partial charge in [0, 0.05) is 38.6 Å². The number of rotatable bonds is 5. The van der Waals surface area contributed by atoms with Gasteiger partial charge in [-0.2, -0.15) is 9.65 Å². The number of aromatic hydroxyl groups is 1. The van der Waals surface area contributed by atoms with Crippen LogP contribution in [0.5, 0.6) is 5.75 Å². The van der Waals surface area contributed by atoms with E-state index in [9.17, 15) is 28.7 Å². The quantitative estimate of drug-likeness (QED) is 0.204. The van der Waals surface area contributed by atoms with Crippen LogP contribution in [0.15, 0.2) is 41.4 Å². The smallest absolute Gasteiger partial charge is 0.276 e. The van der Waals surface area contributed by atoms with E-state index in [2.05, 4.69) is 17.6 Å². The minimum atomic E-state index is -1.99. The van der Waals surface area contributed by atoms with Crippen molar-refractivity contribution in [2.45, 2.75) is 26.8 Å². The lowest BCUT2D eigenvalue weighted by molar-refractivity contribution is -0.126. The molecule has 4 heterocycles. The fourth-order valence-electron chi connectivity index (χ4n) is 6.13. The Morgan fingerprint density at radius 3 is 2.41 bits per heavy atom. The highest BCUT2D eigenvalue weighted by molar-refractivity contribution is 6.37. The maximum Gasteiger partial charge on any atom is 0.276 e. The van der Waals surface area contributed by atoms with Gasteiger partial charge >= 0.3 is 0 Å². The van der Waals surface area contributed by atoms with Crippen LogP contribution in [-0.4, -0.2) is 69.6 Å². The number of likely N-dealkylation sites (N-methyl/N-ethyl adjacent to an activating group) is 1. The average molecular weight is 674 g/mol. The Kier molecular flexibility index (Phi) is 8.86. The normalized spacial score (nSPS) is 16.9. The van der Waals surface area contributed by atoms with Crippen molar-refractivity contribution < 1.29 is 23.1 Å². The zero-order valence-electron chi connectivity index (χ0n) is 25.3. The molecule has 14 heteroatoms. The number of hydrogen-bond acceptors (Lipinski definition) is 7. The second kappa shape index (κ2) is 12.4. The van der Waals surface area contributed by atoms with Crippen LogP contribution in [0, 0.1) is 34.7 Å². The lowest BCUT2D eigenvalue weighted by Gasteiger charge is -2.38. The Morgan fingerprint density at radius 1 is 1.17 bits per heavy atom. The first kappa shape index (κ1) is 32.9. The van der Waals surface area contributed by atoms with Crippen LogP contribution >= 0.6 is 23.2 Å². The summed E-state index contributed by atoms with van der Waals surface area (Å²) in [5.74, 6) is -7.26. The Labute approximate surface area is 272 Å². The average Bonchev–Trinajstić information content (AvgIpc) is 3.03. The van der Waals surface area contributed by atoms with Gasteiger partial charge in [-0.1, -0.05) is 43.6 Å². The monoisotopic (exact) mass is 672 g/mol. The van der Waals surface area contributed by atoms with Crippen molar-refractivity contribution in [3.8, 4) is 23.1 Å². The van der Waals surface area contributed by atoms with Gasteiger partial charge in [0.15, 0.2) is 17.4 Å². The summed E-state index contributed by atoms with van der Waals surface area (Å²) in [5, 5.41) is 19.6. The van der Waals surface area contributed by atoms with Gasteiger partial charge in [-0.3, -0.25) is 14.2 Å². The summed E-state index contributed by atoms with van der Waals surface area (Å²) < 4.78 is 45.3. The summed E-state index contributed by atoms with van der Waals surface area (Å²) in [6.45, 7) is 10.3. The first-order valence-corrected chi connectivity index (χ1v) is 15.0. The number of aromatic nitrogens is 2. The highest BCUT2D eigenvalue weighted by atomic mass is 35.5. The predicted octanol–water partition coefficient (Wildman–Crippen LogP) is 5.91. The van der Waals surface area contributed by atoms with Crippen LogP contribution in [0.2, 0.25) is 10.0 Å². The molecule has 0 radical (unpaired) electrons. The van der Waals surface area contributed by atoms with Crippen LogP contribution in [0.1, 0.15) is 26.3 Å². The number of phenols is 1. The Hall–Kier alpha value is -4.47. The molecule has 0 aliphatic carbocycles. The maximum atomic E-state index is 15.3. The number of nitriles is 1. The lowest BCUT2D eigenvalue weighted by Crippen LogP contribution is -2.49. The Balaban J connectivity index is 1.91. The third-order valence-corrected chi connectivity index (χ3v) is 8.96. The van der Waals surface area contributed by atoms with Crippen LogP contribution in [0.4, 0.5) is 18.9 Å². The third-order valence-electron chi connectivity index (χ3n) is 8.30. The van der Waals surface area contributed by atoms with Gasteiger partial charge in [-0.25, -0.2) is 13.8 Å². The number of piperazine rings is 1. The highest BCUT2D eigenvalue weighted by Gasteiger charge is 2.34. The standard InChI is InChI=1S/C32H29Cl2F3N6O3/c1-6-20(44)41-9-11-42(12-10-41)29-17-13-19(33)26(21-22(34)30(45)25(37)24(36)23(21)35)39-31(17)43(32(46)18(29)14-38)28-16(4)7-8-40(5)27(28)15(2)3/h6-8,13,15,27,45H,1,9-12H2,2-5H3. The Morgan fingerprint density at radius 2 is 1.83 bits per heavy atom. The molecule has 1 amide bonds. The molecule has 240 valence electrons. The van der Waals surface area contributed by atoms with Crippen LogP contribution < -0.4 is 10.5 Å². The summed E-state index contributed by atoms with van der Waals surface area (Å²) >= 11 is 12.8. The van der Waals surface area contributed by atoms with E-state index in [0.717, 1.165) is 0 Å². The molecule has 1 saturated heterocycles. The molecule has 0 saturated carbocycles. The summed E-state index contributed by atoms with van der Waals surface area (Å²) in [4.78, 5) is 36.5. The van der Waals surface area contributed by atoms with Crippen LogP contribution in [0.25, 0.3) is 28.0 Å². The molecule has 9 nitrogen and oxygen atoms in total. The molecule has 1 N–H and O–H groups in total. The molecule has 1 unspecified atom stereocenters. The number of halogens is 5. The molecule has 3 aromatic rings. The van der Waals surface area contributed by atoms with Crippen molar-refractivity contribution in [3.05, 3.63) is 80.0 Å². The van der Waals surface area contributed by atoms with E-state index in [0.29, 0.717) is 11.3 Å². The first-order chi connectivity index (χ1) is 21.7. The SMILES string of the molecule is C=CC(=O)N1CCN(c2c(C#N)c(=O)n(C3=C(C)C=CN(C)C3C(C)C)c3nc(-c4c(F)c(F)c(F)c(O)c4Cl)c(Cl)cc23)CC1. The lowest BCUT2D eigenvalue weighted by atomic mass is 9.93. The highest BCUT2D eigenvalue weighted by Crippen LogP contribution is 2.44.